The third kappa shape index (κ3) is 1.91. The number of hydrogen-bond donors (Lipinski definition) is 2. The number of rotatable bonds is 1. The first-order valence-corrected chi connectivity index (χ1v) is 6.85. The van der Waals surface area contributed by atoms with E-state index in [4.69, 9.17) is 4.74 Å². The standard InChI is InChI=1S/C15H21NO2/c1-11-10-18-9-8-15(11,17)14-7-6-12-4-2-3-5-13(12)16-14/h2-5,11,14,16-17H,6-10H2,1H3. The Morgan fingerprint density at radius 1 is 1.39 bits per heavy atom. The molecular formula is C15H21NO2. The Labute approximate surface area is 108 Å². The van der Waals surface area contributed by atoms with Crippen molar-refractivity contribution in [2.24, 2.45) is 5.92 Å². The molecule has 3 unspecified atom stereocenters. The number of fused-ring (bicyclic) bond motifs is 1. The number of hydrogen-bond acceptors (Lipinski definition) is 3. The molecule has 3 atom stereocenters. The van der Waals surface area contributed by atoms with E-state index in [2.05, 4.69) is 30.4 Å². The molecule has 0 amide bonds. The smallest absolute Gasteiger partial charge is 0.0916 e. The van der Waals surface area contributed by atoms with E-state index in [0.717, 1.165) is 19.3 Å². The molecule has 3 rings (SSSR count). The van der Waals surface area contributed by atoms with Crippen molar-refractivity contribution in [3.8, 4) is 0 Å². The maximum absolute atomic E-state index is 10.9. The van der Waals surface area contributed by atoms with E-state index in [0.29, 0.717) is 13.2 Å². The predicted octanol–water partition coefficient (Wildman–Crippen LogP) is 2.20. The normalized spacial score (nSPS) is 35.7. The zero-order valence-electron chi connectivity index (χ0n) is 10.9. The van der Waals surface area contributed by atoms with Crippen molar-refractivity contribution in [3.63, 3.8) is 0 Å². The fourth-order valence-corrected chi connectivity index (χ4v) is 3.22. The van der Waals surface area contributed by atoms with Crippen LogP contribution in [-0.2, 0) is 11.2 Å². The summed E-state index contributed by atoms with van der Waals surface area (Å²) in [5, 5.41) is 14.5. The van der Waals surface area contributed by atoms with Crippen molar-refractivity contribution in [2.75, 3.05) is 18.5 Å². The van der Waals surface area contributed by atoms with Crippen molar-refractivity contribution in [1.29, 1.82) is 0 Å². The maximum Gasteiger partial charge on any atom is 0.0916 e. The molecule has 0 saturated carbocycles. The van der Waals surface area contributed by atoms with Gasteiger partial charge in [-0.3, -0.25) is 0 Å². The molecule has 0 spiro atoms. The second-order valence-corrected chi connectivity index (χ2v) is 5.61. The summed E-state index contributed by atoms with van der Waals surface area (Å²) in [6.07, 6.45) is 2.77. The van der Waals surface area contributed by atoms with Gasteiger partial charge < -0.3 is 15.2 Å². The summed E-state index contributed by atoms with van der Waals surface area (Å²) < 4.78 is 5.45. The third-order valence-corrected chi connectivity index (χ3v) is 4.52. The minimum Gasteiger partial charge on any atom is -0.387 e. The number of aryl methyl sites for hydroxylation is 1. The Kier molecular flexibility index (Phi) is 3.04. The van der Waals surface area contributed by atoms with E-state index in [1.165, 1.54) is 11.3 Å². The van der Waals surface area contributed by atoms with Gasteiger partial charge in [-0.1, -0.05) is 25.1 Å². The van der Waals surface area contributed by atoms with Crippen molar-refractivity contribution < 1.29 is 9.84 Å². The van der Waals surface area contributed by atoms with Crippen molar-refractivity contribution in [1.82, 2.24) is 0 Å². The number of nitrogens with one attached hydrogen (secondary N) is 1. The van der Waals surface area contributed by atoms with Crippen LogP contribution in [0.1, 0.15) is 25.3 Å². The summed E-state index contributed by atoms with van der Waals surface area (Å²) in [4.78, 5) is 0. The Hall–Kier alpha value is -1.06. The molecule has 0 bridgehead atoms. The molecule has 2 aliphatic heterocycles. The van der Waals surface area contributed by atoms with Gasteiger partial charge in [0.2, 0.25) is 0 Å². The van der Waals surface area contributed by atoms with Crippen LogP contribution >= 0.6 is 0 Å². The molecule has 0 aliphatic carbocycles. The molecule has 98 valence electrons. The summed E-state index contributed by atoms with van der Waals surface area (Å²) >= 11 is 0. The van der Waals surface area contributed by atoms with Crippen LogP contribution < -0.4 is 5.32 Å². The van der Waals surface area contributed by atoms with Crippen LogP contribution in [0.5, 0.6) is 0 Å². The summed E-state index contributed by atoms with van der Waals surface area (Å²) in [5.74, 6) is 0.189. The lowest BCUT2D eigenvalue weighted by Gasteiger charge is -2.46. The highest BCUT2D eigenvalue weighted by Crippen LogP contribution is 2.36. The molecule has 2 N–H and O–H groups in total. The fraction of sp³-hybridized carbons (Fsp3) is 0.600. The van der Waals surface area contributed by atoms with Crippen LogP contribution in [0, 0.1) is 5.92 Å². The van der Waals surface area contributed by atoms with Gasteiger partial charge in [0.1, 0.15) is 0 Å². The summed E-state index contributed by atoms with van der Waals surface area (Å²) in [6.45, 7) is 3.42. The highest BCUT2D eigenvalue weighted by Gasteiger charge is 2.44. The van der Waals surface area contributed by atoms with Gasteiger partial charge in [0.15, 0.2) is 0 Å². The molecule has 1 aromatic carbocycles. The largest absolute Gasteiger partial charge is 0.387 e. The Balaban J connectivity index is 1.82. The second-order valence-electron chi connectivity index (χ2n) is 5.61. The van der Waals surface area contributed by atoms with E-state index in [9.17, 15) is 5.11 Å². The first kappa shape index (κ1) is 12.0. The highest BCUT2D eigenvalue weighted by molar-refractivity contribution is 5.54. The molecule has 1 saturated heterocycles. The molecule has 3 heteroatoms. The number of para-hydroxylation sites is 1. The topological polar surface area (TPSA) is 41.5 Å². The summed E-state index contributed by atoms with van der Waals surface area (Å²) in [7, 11) is 0. The minimum absolute atomic E-state index is 0.145. The lowest BCUT2D eigenvalue weighted by atomic mass is 9.75. The first-order valence-electron chi connectivity index (χ1n) is 6.85. The van der Waals surface area contributed by atoms with Gasteiger partial charge in [0.05, 0.1) is 18.2 Å². The molecule has 2 aliphatic rings. The van der Waals surface area contributed by atoms with Gasteiger partial charge in [-0.25, -0.2) is 0 Å². The number of aliphatic hydroxyl groups is 1. The molecule has 0 radical (unpaired) electrons. The molecule has 1 fully saturated rings. The monoisotopic (exact) mass is 247 g/mol. The lowest BCUT2D eigenvalue weighted by Crippen LogP contribution is -2.56. The van der Waals surface area contributed by atoms with Crippen LogP contribution in [0.4, 0.5) is 5.69 Å². The fourth-order valence-electron chi connectivity index (χ4n) is 3.22. The van der Waals surface area contributed by atoms with Crippen LogP contribution in [-0.4, -0.2) is 30.0 Å². The van der Waals surface area contributed by atoms with Crippen molar-refractivity contribution in [3.05, 3.63) is 29.8 Å². The Bertz CT molecular complexity index is 434. The van der Waals surface area contributed by atoms with E-state index in [1.807, 2.05) is 6.07 Å². The Morgan fingerprint density at radius 2 is 2.22 bits per heavy atom. The lowest BCUT2D eigenvalue weighted by molar-refractivity contribution is -0.117. The van der Waals surface area contributed by atoms with Crippen molar-refractivity contribution in [2.45, 2.75) is 37.8 Å². The molecule has 3 nitrogen and oxygen atoms in total. The molecular weight excluding hydrogens is 226 g/mol. The van der Waals surface area contributed by atoms with E-state index >= 15 is 0 Å². The minimum atomic E-state index is -0.633. The molecule has 1 aromatic rings. The predicted molar refractivity (Wildman–Crippen MR) is 71.7 cm³/mol. The van der Waals surface area contributed by atoms with Gasteiger partial charge in [0, 0.05) is 24.6 Å². The van der Waals surface area contributed by atoms with E-state index in [-0.39, 0.29) is 12.0 Å². The van der Waals surface area contributed by atoms with Gasteiger partial charge in [-0.2, -0.15) is 0 Å². The highest BCUT2D eigenvalue weighted by atomic mass is 16.5. The van der Waals surface area contributed by atoms with Crippen LogP contribution in [0.2, 0.25) is 0 Å². The average molecular weight is 247 g/mol. The molecule has 18 heavy (non-hydrogen) atoms. The summed E-state index contributed by atoms with van der Waals surface area (Å²) in [5.41, 5.74) is 1.91. The van der Waals surface area contributed by atoms with Crippen LogP contribution in [0.15, 0.2) is 24.3 Å². The number of benzene rings is 1. The Morgan fingerprint density at radius 3 is 3.06 bits per heavy atom. The number of anilines is 1. The van der Waals surface area contributed by atoms with Crippen molar-refractivity contribution >= 4 is 5.69 Å². The summed E-state index contributed by atoms with van der Waals surface area (Å²) in [6, 6.07) is 8.54. The SMILES string of the molecule is CC1COCCC1(O)C1CCc2ccccc2N1. The molecule has 0 aromatic heterocycles. The zero-order valence-corrected chi connectivity index (χ0v) is 10.9. The van der Waals surface area contributed by atoms with E-state index in [1.54, 1.807) is 0 Å². The van der Waals surface area contributed by atoms with Gasteiger partial charge in [-0.05, 0) is 24.5 Å². The third-order valence-electron chi connectivity index (χ3n) is 4.52. The first-order chi connectivity index (χ1) is 8.70. The average Bonchev–Trinajstić information content (AvgIpc) is 2.42. The quantitative estimate of drug-likeness (QED) is 0.799. The van der Waals surface area contributed by atoms with Gasteiger partial charge in [0.25, 0.3) is 0 Å². The van der Waals surface area contributed by atoms with Crippen LogP contribution in [0.25, 0.3) is 0 Å². The van der Waals surface area contributed by atoms with Crippen LogP contribution in [0.3, 0.4) is 0 Å². The second kappa shape index (κ2) is 4.56. The number of ether oxygens (including phenoxy) is 1. The van der Waals surface area contributed by atoms with Gasteiger partial charge in [-0.15, -0.1) is 0 Å². The maximum atomic E-state index is 10.9. The van der Waals surface area contributed by atoms with E-state index < -0.39 is 5.60 Å². The van der Waals surface area contributed by atoms with Gasteiger partial charge >= 0.3 is 0 Å². The molecule has 2 heterocycles. The zero-order chi connectivity index (χ0) is 12.6.